The van der Waals surface area contributed by atoms with E-state index in [4.69, 9.17) is 4.74 Å². The number of benzene rings is 1. The maximum Gasteiger partial charge on any atom is 0.335 e. The molecule has 23 heavy (non-hydrogen) atoms. The lowest BCUT2D eigenvalue weighted by Crippen LogP contribution is -2.23. The van der Waals surface area contributed by atoms with Crippen molar-refractivity contribution in [2.24, 2.45) is 0 Å². The van der Waals surface area contributed by atoms with Crippen molar-refractivity contribution in [3.8, 4) is 5.75 Å². The predicted molar refractivity (Wildman–Crippen MR) is 95.8 cm³/mol. The lowest BCUT2D eigenvalue weighted by molar-refractivity contribution is 0.0696. The molecule has 0 saturated heterocycles. The minimum absolute atomic E-state index is 0.119. The molecule has 1 aromatic rings. The Morgan fingerprint density at radius 2 is 1.65 bits per heavy atom. The van der Waals surface area contributed by atoms with Gasteiger partial charge in [0.15, 0.2) is 0 Å². The van der Waals surface area contributed by atoms with E-state index in [1.165, 1.54) is 12.8 Å². The number of carbonyl (C=O) groups is 1. The lowest BCUT2D eigenvalue weighted by Gasteiger charge is -2.32. The van der Waals surface area contributed by atoms with E-state index in [1.54, 1.807) is 19.2 Å². The molecule has 0 aliphatic carbocycles. The van der Waals surface area contributed by atoms with Gasteiger partial charge in [-0.3, -0.25) is 0 Å². The molecule has 0 aromatic heterocycles. The summed E-state index contributed by atoms with van der Waals surface area (Å²) < 4.78 is 5.74. The number of carboxylic acid groups (broad SMARTS) is 1. The normalized spacial score (nSPS) is 12.3. The molecular weight excluding hydrogens is 288 g/mol. The van der Waals surface area contributed by atoms with Crippen molar-refractivity contribution in [2.45, 2.75) is 78.1 Å². The van der Waals surface area contributed by atoms with Gasteiger partial charge in [0.25, 0.3) is 0 Å². The summed E-state index contributed by atoms with van der Waals surface area (Å²) in [5.74, 6) is -0.0484. The fourth-order valence-corrected chi connectivity index (χ4v) is 2.98. The third-order valence-corrected chi connectivity index (χ3v) is 4.48. The zero-order chi connectivity index (χ0) is 17.8. The van der Waals surface area contributed by atoms with E-state index in [0.29, 0.717) is 5.56 Å². The SMILES string of the molecule is CCCCCC(C)(C)c1cc(C(=O)O)cc(C(C)(C)C)c1OC. The van der Waals surface area contributed by atoms with Crippen LogP contribution in [0, 0.1) is 0 Å². The number of aromatic carboxylic acids is 1. The standard InChI is InChI=1S/C20H32O3/c1-8-9-10-11-20(5,6)16-13-14(18(21)22)12-15(17(16)23-7)19(2,3)4/h12-13H,8-11H2,1-7H3,(H,21,22). The smallest absolute Gasteiger partial charge is 0.335 e. The average molecular weight is 320 g/mol. The molecule has 0 spiro atoms. The molecule has 0 unspecified atom stereocenters. The summed E-state index contributed by atoms with van der Waals surface area (Å²) in [4.78, 5) is 11.6. The largest absolute Gasteiger partial charge is 0.496 e. The highest BCUT2D eigenvalue weighted by atomic mass is 16.5. The first kappa shape index (κ1) is 19.5. The Labute approximate surface area is 141 Å². The third kappa shape index (κ3) is 4.73. The molecule has 130 valence electrons. The van der Waals surface area contributed by atoms with E-state index in [2.05, 4.69) is 41.5 Å². The van der Waals surface area contributed by atoms with E-state index in [-0.39, 0.29) is 10.8 Å². The van der Waals surface area contributed by atoms with Gasteiger partial charge in [-0.2, -0.15) is 0 Å². The molecule has 3 nitrogen and oxygen atoms in total. The number of hydrogen-bond acceptors (Lipinski definition) is 2. The molecule has 3 heteroatoms. The Morgan fingerprint density at radius 1 is 1.09 bits per heavy atom. The first-order valence-electron chi connectivity index (χ1n) is 8.51. The molecule has 0 atom stereocenters. The van der Waals surface area contributed by atoms with Gasteiger partial charge >= 0.3 is 5.97 Å². The summed E-state index contributed by atoms with van der Waals surface area (Å²) in [7, 11) is 1.68. The van der Waals surface area contributed by atoms with Gasteiger partial charge in [-0.05, 0) is 29.4 Å². The average Bonchev–Trinajstić information content (AvgIpc) is 2.44. The summed E-state index contributed by atoms with van der Waals surface area (Å²) in [5, 5.41) is 9.50. The molecule has 0 radical (unpaired) electrons. The number of rotatable bonds is 7. The van der Waals surface area contributed by atoms with Crippen molar-refractivity contribution in [2.75, 3.05) is 7.11 Å². The van der Waals surface area contributed by atoms with Crippen LogP contribution in [0.3, 0.4) is 0 Å². The van der Waals surface area contributed by atoms with E-state index in [1.807, 2.05) is 0 Å². The number of ether oxygens (including phenoxy) is 1. The minimum atomic E-state index is -0.885. The molecule has 1 N–H and O–H groups in total. The Balaban J connectivity index is 3.50. The molecule has 0 fully saturated rings. The zero-order valence-corrected chi connectivity index (χ0v) is 15.7. The maximum absolute atomic E-state index is 11.6. The van der Waals surface area contributed by atoms with Crippen molar-refractivity contribution in [1.29, 1.82) is 0 Å². The van der Waals surface area contributed by atoms with Gasteiger partial charge in [-0.1, -0.05) is 60.8 Å². The molecule has 1 rings (SSSR count). The van der Waals surface area contributed by atoms with E-state index in [9.17, 15) is 9.90 Å². The van der Waals surface area contributed by atoms with Crippen LogP contribution in [0.25, 0.3) is 0 Å². The van der Waals surface area contributed by atoms with Crippen molar-refractivity contribution in [3.05, 3.63) is 28.8 Å². The highest BCUT2D eigenvalue weighted by Gasteiger charge is 2.30. The second-order valence-corrected chi connectivity index (χ2v) is 8.00. The summed E-state index contributed by atoms with van der Waals surface area (Å²) >= 11 is 0. The van der Waals surface area contributed by atoms with Crippen LogP contribution in [-0.4, -0.2) is 18.2 Å². The van der Waals surface area contributed by atoms with E-state index in [0.717, 1.165) is 29.7 Å². The Hall–Kier alpha value is -1.51. The van der Waals surface area contributed by atoms with Gasteiger partial charge in [-0.25, -0.2) is 4.79 Å². The molecular formula is C20H32O3. The predicted octanol–water partition coefficient (Wildman–Crippen LogP) is 5.55. The van der Waals surface area contributed by atoms with Gasteiger partial charge in [-0.15, -0.1) is 0 Å². The number of carboxylic acids is 1. The van der Waals surface area contributed by atoms with Crippen LogP contribution in [-0.2, 0) is 10.8 Å². The monoisotopic (exact) mass is 320 g/mol. The second kappa shape index (κ2) is 7.37. The van der Waals surface area contributed by atoms with Crippen molar-refractivity contribution in [3.63, 3.8) is 0 Å². The number of hydrogen-bond donors (Lipinski definition) is 1. The number of unbranched alkanes of at least 4 members (excludes halogenated alkanes) is 2. The quantitative estimate of drug-likeness (QED) is 0.670. The van der Waals surface area contributed by atoms with Crippen LogP contribution >= 0.6 is 0 Å². The third-order valence-electron chi connectivity index (χ3n) is 4.48. The van der Waals surface area contributed by atoms with Gasteiger partial charge < -0.3 is 9.84 Å². The van der Waals surface area contributed by atoms with Gasteiger partial charge in [0.05, 0.1) is 12.7 Å². The van der Waals surface area contributed by atoms with Gasteiger partial charge in [0, 0.05) is 11.1 Å². The summed E-state index contributed by atoms with van der Waals surface area (Å²) in [6, 6.07) is 3.55. The number of methoxy groups -OCH3 is 1. The highest BCUT2D eigenvalue weighted by Crippen LogP contribution is 2.42. The first-order valence-corrected chi connectivity index (χ1v) is 8.51. The topological polar surface area (TPSA) is 46.5 Å². The molecule has 0 bridgehead atoms. The zero-order valence-electron chi connectivity index (χ0n) is 15.7. The molecule has 0 aliphatic rings. The summed E-state index contributed by atoms with van der Waals surface area (Å²) in [6.45, 7) is 12.8. The van der Waals surface area contributed by atoms with Crippen LogP contribution in [0.5, 0.6) is 5.75 Å². The van der Waals surface area contributed by atoms with E-state index < -0.39 is 5.97 Å². The Kier molecular flexibility index (Phi) is 6.26. The molecule has 1 aromatic carbocycles. The minimum Gasteiger partial charge on any atom is -0.496 e. The summed E-state index contributed by atoms with van der Waals surface area (Å²) in [6.07, 6.45) is 4.52. The van der Waals surface area contributed by atoms with Crippen LogP contribution in [0.1, 0.15) is 88.7 Å². The highest BCUT2D eigenvalue weighted by molar-refractivity contribution is 5.89. The maximum atomic E-state index is 11.6. The fraction of sp³-hybridized carbons (Fsp3) is 0.650. The molecule has 0 aliphatic heterocycles. The molecule has 0 heterocycles. The first-order chi connectivity index (χ1) is 10.5. The van der Waals surface area contributed by atoms with Crippen LogP contribution in [0.15, 0.2) is 12.1 Å². The van der Waals surface area contributed by atoms with E-state index >= 15 is 0 Å². The molecule has 0 amide bonds. The Morgan fingerprint density at radius 3 is 2.09 bits per heavy atom. The van der Waals surface area contributed by atoms with Crippen molar-refractivity contribution >= 4 is 5.97 Å². The van der Waals surface area contributed by atoms with Gasteiger partial charge in [0.2, 0.25) is 0 Å². The van der Waals surface area contributed by atoms with Gasteiger partial charge in [0.1, 0.15) is 5.75 Å². The summed E-state index contributed by atoms with van der Waals surface area (Å²) in [5.41, 5.74) is 2.01. The van der Waals surface area contributed by atoms with Crippen LogP contribution in [0.4, 0.5) is 0 Å². The molecule has 0 saturated carbocycles. The van der Waals surface area contributed by atoms with Crippen LogP contribution in [0.2, 0.25) is 0 Å². The van der Waals surface area contributed by atoms with Crippen molar-refractivity contribution < 1.29 is 14.6 Å². The lowest BCUT2D eigenvalue weighted by atomic mass is 9.75. The Bertz CT molecular complexity index is 551. The van der Waals surface area contributed by atoms with Crippen LogP contribution < -0.4 is 4.74 Å². The van der Waals surface area contributed by atoms with Crippen molar-refractivity contribution in [1.82, 2.24) is 0 Å². The fourth-order valence-electron chi connectivity index (χ4n) is 2.98. The second-order valence-electron chi connectivity index (χ2n) is 8.00.